The fraction of sp³-hybridized carbons (Fsp3) is 0.417. The van der Waals surface area contributed by atoms with E-state index < -0.39 is 0 Å². The van der Waals surface area contributed by atoms with E-state index in [9.17, 15) is 9.59 Å². The molecule has 1 heterocycles. The minimum atomic E-state index is -0.339. The van der Waals surface area contributed by atoms with Crippen molar-refractivity contribution in [3.8, 4) is 0 Å². The number of aromatic nitrogens is 1. The maximum atomic E-state index is 11.4. The van der Waals surface area contributed by atoms with Crippen molar-refractivity contribution in [3.63, 3.8) is 0 Å². The molecule has 0 aromatic carbocycles. The molecule has 0 amide bonds. The number of nitrogens with zero attached hydrogens (tertiary/aromatic N) is 1. The third-order valence-electron chi connectivity index (χ3n) is 2.13. The lowest BCUT2D eigenvalue weighted by atomic mass is 10.2. The van der Waals surface area contributed by atoms with Crippen LogP contribution in [0.25, 0.3) is 0 Å². The van der Waals surface area contributed by atoms with Gasteiger partial charge in [-0.05, 0) is 11.6 Å². The van der Waals surface area contributed by atoms with Crippen LogP contribution >= 0.6 is 15.9 Å². The number of hydrogen-bond acceptors (Lipinski definition) is 5. The zero-order chi connectivity index (χ0) is 13.4. The van der Waals surface area contributed by atoms with Crippen molar-refractivity contribution < 1.29 is 19.1 Å². The van der Waals surface area contributed by atoms with Crippen LogP contribution in [0.4, 0.5) is 0 Å². The normalized spacial score (nSPS) is 10.1. The third-order valence-corrected chi connectivity index (χ3v) is 2.64. The summed E-state index contributed by atoms with van der Waals surface area (Å²) in [6.45, 7) is 0.617. The van der Waals surface area contributed by atoms with Gasteiger partial charge >= 0.3 is 5.97 Å². The number of carbonyl (C=O) groups is 2. The lowest BCUT2D eigenvalue weighted by Crippen LogP contribution is -2.12. The van der Waals surface area contributed by atoms with Gasteiger partial charge in [0.2, 0.25) is 0 Å². The van der Waals surface area contributed by atoms with Crippen molar-refractivity contribution in [1.29, 1.82) is 0 Å². The standard InChI is InChI=1S/C12H14BrNO4/c1-17-4-5-18-12(16)6-9-2-3-10(14-8-9)11(15)7-13/h2-3,8H,4-7H2,1H3. The van der Waals surface area contributed by atoms with Gasteiger partial charge in [-0.1, -0.05) is 22.0 Å². The Labute approximate surface area is 114 Å². The van der Waals surface area contributed by atoms with Gasteiger partial charge in [0, 0.05) is 13.3 Å². The second-order valence-electron chi connectivity index (χ2n) is 3.50. The van der Waals surface area contributed by atoms with E-state index in [0.717, 1.165) is 0 Å². The highest BCUT2D eigenvalue weighted by Crippen LogP contribution is 2.04. The number of methoxy groups -OCH3 is 1. The molecule has 0 N–H and O–H groups in total. The van der Waals surface area contributed by atoms with Gasteiger partial charge in [-0.3, -0.25) is 14.6 Å². The van der Waals surface area contributed by atoms with Gasteiger partial charge in [-0.2, -0.15) is 0 Å². The molecule has 98 valence electrons. The molecule has 0 atom stereocenters. The van der Waals surface area contributed by atoms with Crippen LogP contribution in [0.15, 0.2) is 18.3 Å². The molecule has 0 saturated carbocycles. The summed E-state index contributed by atoms with van der Waals surface area (Å²) in [4.78, 5) is 26.7. The summed E-state index contributed by atoms with van der Waals surface area (Å²) in [5, 5.41) is 0.235. The fourth-order valence-electron chi connectivity index (χ4n) is 1.22. The quantitative estimate of drug-likeness (QED) is 0.329. The Morgan fingerprint density at radius 2 is 2.11 bits per heavy atom. The predicted molar refractivity (Wildman–Crippen MR) is 68.9 cm³/mol. The first-order valence-electron chi connectivity index (χ1n) is 5.36. The molecular weight excluding hydrogens is 302 g/mol. The van der Waals surface area contributed by atoms with Gasteiger partial charge in [0.05, 0.1) is 18.4 Å². The molecule has 0 saturated heterocycles. The van der Waals surface area contributed by atoms with Gasteiger partial charge in [-0.25, -0.2) is 0 Å². The number of ether oxygens (including phenoxy) is 2. The number of halogens is 1. The molecule has 0 spiro atoms. The number of esters is 1. The van der Waals surface area contributed by atoms with E-state index in [1.807, 2.05) is 0 Å². The molecule has 6 heteroatoms. The largest absolute Gasteiger partial charge is 0.463 e. The van der Waals surface area contributed by atoms with Gasteiger partial charge in [-0.15, -0.1) is 0 Å². The Hall–Kier alpha value is -1.27. The van der Waals surface area contributed by atoms with E-state index in [2.05, 4.69) is 20.9 Å². The molecule has 0 unspecified atom stereocenters. The highest BCUT2D eigenvalue weighted by molar-refractivity contribution is 9.09. The lowest BCUT2D eigenvalue weighted by molar-refractivity contribution is -0.144. The molecule has 0 fully saturated rings. The molecular formula is C12H14BrNO4. The predicted octanol–water partition coefficient (Wildman–Crippen LogP) is 1.39. The summed E-state index contributed by atoms with van der Waals surface area (Å²) in [6, 6.07) is 3.29. The van der Waals surface area contributed by atoms with E-state index in [-0.39, 0.29) is 30.1 Å². The van der Waals surface area contributed by atoms with Crippen LogP contribution in [0.3, 0.4) is 0 Å². The first kappa shape index (κ1) is 14.8. The van der Waals surface area contributed by atoms with E-state index >= 15 is 0 Å². The highest BCUT2D eigenvalue weighted by Gasteiger charge is 2.08. The summed E-state index contributed by atoms with van der Waals surface area (Å²) in [5.41, 5.74) is 1.09. The van der Waals surface area contributed by atoms with Crippen LogP contribution in [0.2, 0.25) is 0 Å². The number of rotatable bonds is 7. The minimum absolute atomic E-state index is 0.0933. The van der Waals surface area contributed by atoms with E-state index in [1.165, 1.54) is 13.3 Å². The van der Waals surface area contributed by atoms with Crippen LogP contribution < -0.4 is 0 Å². The van der Waals surface area contributed by atoms with Gasteiger partial charge in [0.1, 0.15) is 12.3 Å². The van der Waals surface area contributed by atoms with Crippen LogP contribution in [0.5, 0.6) is 0 Å². The molecule has 1 rings (SSSR count). The molecule has 0 radical (unpaired) electrons. The Kier molecular flexibility index (Phi) is 6.53. The number of Topliss-reactive ketones (excluding diaryl/α,β-unsaturated/α-hetero) is 1. The summed E-state index contributed by atoms with van der Waals surface area (Å²) in [7, 11) is 1.54. The van der Waals surface area contributed by atoms with Crippen molar-refractivity contribution in [2.75, 3.05) is 25.7 Å². The van der Waals surface area contributed by atoms with E-state index in [4.69, 9.17) is 9.47 Å². The molecule has 0 bridgehead atoms. The van der Waals surface area contributed by atoms with Crippen LogP contribution in [0.1, 0.15) is 16.1 Å². The van der Waals surface area contributed by atoms with Gasteiger partial charge < -0.3 is 9.47 Å². The summed E-state index contributed by atoms with van der Waals surface area (Å²) >= 11 is 3.07. The molecule has 0 aliphatic carbocycles. The number of ketones is 1. The van der Waals surface area contributed by atoms with Crippen LogP contribution in [-0.2, 0) is 20.7 Å². The Morgan fingerprint density at radius 1 is 1.33 bits per heavy atom. The summed E-state index contributed by atoms with van der Waals surface area (Å²) in [5.74, 6) is -0.433. The number of hydrogen-bond donors (Lipinski definition) is 0. The number of pyridine rings is 1. The average Bonchev–Trinajstić information content (AvgIpc) is 2.39. The molecule has 18 heavy (non-hydrogen) atoms. The third kappa shape index (κ3) is 4.93. The Balaban J connectivity index is 2.48. The minimum Gasteiger partial charge on any atom is -0.463 e. The average molecular weight is 316 g/mol. The Morgan fingerprint density at radius 3 is 2.67 bits per heavy atom. The van der Waals surface area contributed by atoms with Crippen molar-refractivity contribution in [2.24, 2.45) is 0 Å². The van der Waals surface area contributed by atoms with E-state index in [0.29, 0.717) is 17.9 Å². The zero-order valence-corrected chi connectivity index (χ0v) is 11.6. The van der Waals surface area contributed by atoms with E-state index in [1.54, 1.807) is 12.1 Å². The monoisotopic (exact) mass is 315 g/mol. The molecule has 0 aliphatic rings. The maximum Gasteiger partial charge on any atom is 0.310 e. The molecule has 5 nitrogen and oxygen atoms in total. The highest BCUT2D eigenvalue weighted by atomic mass is 79.9. The van der Waals surface area contributed by atoms with Crippen LogP contribution in [0, 0.1) is 0 Å². The molecule has 0 aliphatic heterocycles. The van der Waals surface area contributed by atoms with Gasteiger partial charge in [0.15, 0.2) is 5.78 Å². The van der Waals surface area contributed by atoms with Crippen LogP contribution in [-0.4, -0.2) is 42.4 Å². The number of alkyl halides is 1. The fourth-order valence-corrected chi connectivity index (χ4v) is 1.51. The number of carbonyl (C=O) groups excluding carboxylic acids is 2. The van der Waals surface area contributed by atoms with Crippen molar-refractivity contribution in [2.45, 2.75) is 6.42 Å². The zero-order valence-electron chi connectivity index (χ0n) is 10.0. The second-order valence-corrected chi connectivity index (χ2v) is 4.06. The summed E-state index contributed by atoms with van der Waals surface area (Å²) < 4.78 is 9.68. The summed E-state index contributed by atoms with van der Waals surface area (Å²) in [6.07, 6.45) is 1.65. The SMILES string of the molecule is COCCOC(=O)Cc1ccc(C(=O)CBr)nc1. The smallest absolute Gasteiger partial charge is 0.310 e. The van der Waals surface area contributed by atoms with Crippen molar-refractivity contribution in [1.82, 2.24) is 4.98 Å². The Bertz CT molecular complexity index is 405. The lowest BCUT2D eigenvalue weighted by Gasteiger charge is -2.04. The first-order chi connectivity index (χ1) is 8.67. The topological polar surface area (TPSA) is 65.5 Å². The first-order valence-corrected chi connectivity index (χ1v) is 6.48. The molecule has 1 aromatic heterocycles. The van der Waals surface area contributed by atoms with Gasteiger partial charge in [0.25, 0.3) is 0 Å². The van der Waals surface area contributed by atoms with Crippen molar-refractivity contribution in [3.05, 3.63) is 29.6 Å². The molecule has 1 aromatic rings. The maximum absolute atomic E-state index is 11.4. The second kappa shape index (κ2) is 7.94. The van der Waals surface area contributed by atoms with Crippen molar-refractivity contribution >= 4 is 27.7 Å².